The molecule has 96 valence electrons. The lowest BCUT2D eigenvalue weighted by molar-refractivity contribution is -0.127. The third-order valence-corrected chi connectivity index (χ3v) is 3.25. The van der Waals surface area contributed by atoms with Gasteiger partial charge in [0.25, 0.3) is 5.91 Å². The van der Waals surface area contributed by atoms with Crippen LogP contribution in [0, 0.1) is 0 Å². The molecule has 0 spiro atoms. The van der Waals surface area contributed by atoms with E-state index in [1.165, 1.54) is 5.06 Å². The second-order valence-corrected chi connectivity index (χ2v) is 4.58. The molecule has 2 aromatic rings. The number of rotatable bonds is 3. The van der Waals surface area contributed by atoms with Crippen molar-refractivity contribution in [3.63, 3.8) is 0 Å². The molecule has 3 rings (SSSR count). The molecule has 2 aromatic carbocycles. The first kappa shape index (κ1) is 11.9. The topological polar surface area (TPSA) is 29.5 Å². The predicted molar refractivity (Wildman–Crippen MR) is 73.5 cm³/mol. The quantitative estimate of drug-likeness (QED) is 0.841. The molecule has 1 aliphatic heterocycles. The van der Waals surface area contributed by atoms with Gasteiger partial charge in [0.05, 0.1) is 5.69 Å². The first-order valence-corrected chi connectivity index (χ1v) is 6.42. The van der Waals surface area contributed by atoms with Gasteiger partial charge in [-0.05, 0) is 23.6 Å². The standard InChI is InChI=1S/C16H15NO2/c18-16-11-10-14-8-4-5-9-15(14)17(16)19-12-13-6-2-1-3-7-13/h1-9H,10-12H2. The second-order valence-electron chi connectivity index (χ2n) is 4.58. The Labute approximate surface area is 112 Å². The van der Waals surface area contributed by atoms with E-state index in [1.54, 1.807) is 0 Å². The number of amides is 1. The molecular weight excluding hydrogens is 238 g/mol. The molecule has 19 heavy (non-hydrogen) atoms. The zero-order valence-corrected chi connectivity index (χ0v) is 10.6. The number of benzene rings is 2. The van der Waals surface area contributed by atoms with Crippen LogP contribution in [0.2, 0.25) is 0 Å². The molecule has 0 radical (unpaired) electrons. The molecule has 1 heterocycles. The van der Waals surface area contributed by atoms with Crippen molar-refractivity contribution in [2.75, 3.05) is 5.06 Å². The zero-order chi connectivity index (χ0) is 13.1. The van der Waals surface area contributed by atoms with E-state index in [0.29, 0.717) is 13.0 Å². The summed E-state index contributed by atoms with van der Waals surface area (Å²) < 4.78 is 0. The average Bonchev–Trinajstić information content (AvgIpc) is 2.47. The van der Waals surface area contributed by atoms with E-state index in [0.717, 1.165) is 23.2 Å². The number of aryl methyl sites for hydroxylation is 1. The van der Waals surface area contributed by atoms with Crippen molar-refractivity contribution >= 4 is 11.6 Å². The van der Waals surface area contributed by atoms with Gasteiger partial charge in [-0.2, -0.15) is 5.06 Å². The summed E-state index contributed by atoms with van der Waals surface area (Å²) in [6.45, 7) is 0.404. The molecule has 1 amide bonds. The Morgan fingerprint density at radius 3 is 2.53 bits per heavy atom. The number of carbonyl (C=O) groups excluding carboxylic acids is 1. The van der Waals surface area contributed by atoms with Crippen LogP contribution in [0.25, 0.3) is 0 Å². The SMILES string of the molecule is O=C1CCc2ccccc2N1OCc1ccccc1. The van der Waals surface area contributed by atoms with Gasteiger partial charge in [0.1, 0.15) is 6.61 Å². The predicted octanol–water partition coefficient (Wildman–Crippen LogP) is 3.10. The van der Waals surface area contributed by atoms with Crippen molar-refractivity contribution in [3.05, 3.63) is 65.7 Å². The molecule has 0 aliphatic carbocycles. The fourth-order valence-corrected chi connectivity index (χ4v) is 2.25. The minimum Gasteiger partial charge on any atom is -0.272 e. The summed E-state index contributed by atoms with van der Waals surface area (Å²) in [6.07, 6.45) is 1.30. The van der Waals surface area contributed by atoms with Crippen molar-refractivity contribution in [2.24, 2.45) is 0 Å². The third kappa shape index (κ3) is 2.51. The van der Waals surface area contributed by atoms with E-state index in [2.05, 4.69) is 0 Å². The van der Waals surface area contributed by atoms with Crippen LogP contribution in [-0.4, -0.2) is 5.91 Å². The minimum atomic E-state index is 0.0228. The van der Waals surface area contributed by atoms with Crippen LogP contribution in [0.15, 0.2) is 54.6 Å². The number of hydrogen-bond acceptors (Lipinski definition) is 2. The number of fused-ring (bicyclic) bond motifs is 1. The maximum absolute atomic E-state index is 12.0. The molecule has 0 atom stereocenters. The van der Waals surface area contributed by atoms with E-state index in [-0.39, 0.29) is 5.91 Å². The fraction of sp³-hybridized carbons (Fsp3) is 0.188. The third-order valence-electron chi connectivity index (χ3n) is 3.25. The summed E-state index contributed by atoms with van der Waals surface area (Å²) in [5.74, 6) is 0.0228. The largest absolute Gasteiger partial charge is 0.272 e. The van der Waals surface area contributed by atoms with E-state index in [1.807, 2.05) is 54.6 Å². The lowest BCUT2D eigenvalue weighted by Crippen LogP contribution is -2.34. The van der Waals surface area contributed by atoms with Crippen molar-refractivity contribution < 1.29 is 9.63 Å². The van der Waals surface area contributed by atoms with Crippen molar-refractivity contribution in [1.29, 1.82) is 0 Å². The van der Waals surface area contributed by atoms with Crippen molar-refractivity contribution in [3.8, 4) is 0 Å². The van der Waals surface area contributed by atoms with Gasteiger partial charge in [-0.25, -0.2) is 0 Å². The summed E-state index contributed by atoms with van der Waals surface area (Å²) in [7, 11) is 0. The first-order valence-electron chi connectivity index (χ1n) is 6.42. The average molecular weight is 253 g/mol. The molecular formula is C16H15NO2. The Balaban J connectivity index is 1.79. The Hall–Kier alpha value is -2.13. The smallest absolute Gasteiger partial charge is 0.251 e. The molecule has 0 saturated heterocycles. The Bertz CT molecular complexity index is 580. The Morgan fingerprint density at radius 1 is 0.947 bits per heavy atom. The van der Waals surface area contributed by atoms with E-state index < -0.39 is 0 Å². The van der Waals surface area contributed by atoms with Gasteiger partial charge in [-0.3, -0.25) is 9.63 Å². The molecule has 0 fully saturated rings. The molecule has 0 N–H and O–H groups in total. The van der Waals surface area contributed by atoms with Crippen LogP contribution < -0.4 is 5.06 Å². The number of para-hydroxylation sites is 1. The van der Waals surface area contributed by atoms with Gasteiger partial charge >= 0.3 is 0 Å². The number of anilines is 1. The van der Waals surface area contributed by atoms with Gasteiger partial charge < -0.3 is 0 Å². The summed E-state index contributed by atoms with van der Waals surface area (Å²) >= 11 is 0. The van der Waals surface area contributed by atoms with E-state index in [9.17, 15) is 4.79 Å². The molecule has 0 bridgehead atoms. The molecule has 0 saturated carbocycles. The normalized spacial score (nSPS) is 14.3. The highest BCUT2D eigenvalue weighted by molar-refractivity contribution is 5.94. The number of nitrogens with zero attached hydrogens (tertiary/aromatic N) is 1. The van der Waals surface area contributed by atoms with Gasteiger partial charge in [0.15, 0.2) is 0 Å². The Morgan fingerprint density at radius 2 is 1.68 bits per heavy atom. The van der Waals surface area contributed by atoms with Crippen LogP contribution in [0.4, 0.5) is 5.69 Å². The van der Waals surface area contributed by atoms with Crippen LogP contribution in [0.5, 0.6) is 0 Å². The van der Waals surface area contributed by atoms with Crippen LogP contribution >= 0.6 is 0 Å². The van der Waals surface area contributed by atoms with Gasteiger partial charge in [-0.1, -0.05) is 48.5 Å². The zero-order valence-electron chi connectivity index (χ0n) is 10.6. The van der Waals surface area contributed by atoms with Gasteiger partial charge in [-0.15, -0.1) is 0 Å². The van der Waals surface area contributed by atoms with Crippen molar-refractivity contribution in [2.45, 2.75) is 19.4 Å². The van der Waals surface area contributed by atoms with E-state index in [4.69, 9.17) is 4.84 Å². The molecule has 3 heteroatoms. The molecule has 0 unspecified atom stereocenters. The van der Waals surface area contributed by atoms with E-state index >= 15 is 0 Å². The lowest BCUT2D eigenvalue weighted by Gasteiger charge is -2.28. The number of hydroxylamine groups is 1. The monoisotopic (exact) mass is 253 g/mol. The summed E-state index contributed by atoms with van der Waals surface area (Å²) in [6, 6.07) is 17.7. The highest BCUT2D eigenvalue weighted by Gasteiger charge is 2.24. The van der Waals surface area contributed by atoms with Gasteiger partial charge in [0.2, 0.25) is 0 Å². The summed E-state index contributed by atoms with van der Waals surface area (Å²) in [5, 5.41) is 1.44. The van der Waals surface area contributed by atoms with Crippen LogP contribution in [0.1, 0.15) is 17.5 Å². The highest BCUT2D eigenvalue weighted by atomic mass is 16.7. The maximum Gasteiger partial charge on any atom is 0.251 e. The number of carbonyl (C=O) groups is 1. The second kappa shape index (κ2) is 5.24. The minimum absolute atomic E-state index is 0.0228. The maximum atomic E-state index is 12.0. The number of hydrogen-bond donors (Lipinski definition) is 0. The molecule has 1 aliphatic rings. The molecule has 3 nitrogen and oxygen atoms in total. The van der Waals surface area contributed by atoms with Gasteiger partial charge in [0, 0.05) is 6.42 Å². The summed E-state index contributed by atoms with van der Waals surface area (Å²) in [4.78, 5) is 17.7. The van der Waals surface area contributed by atoms with Crippen LogP contribution in [0.3, 0.4) is 0 Å². The Kier molecular flexibility index (Phi) is 3.29. The van der Waals surface area contributed by atoms with Crippen molar-refractivity contribution in [1.82, 2.24) is 0 Å². The first-order chi connectivity index (χ1) is 9.34. The highest BCUT2D eigenvalue weighted by Crippen LogP contribution is 2.28. The fourth-order valence-electron chi connectivity index (χ4n) is 2.25. The summed E-state index contributed by atoms with van der Waals surface area (Å²) in [5.41, 5.74) is 3.09. The van der Waals surface area contributed by atoms with Crippen LogP contribution in [-0.2, 0) is 22.7 Å². The lowest BCUT2D eigenvalue weighted by atomic mass is 10.0. The molecule has 0 aromatic heterocycles.